The maximum atomic E-state index is 5.28. The number of hydrogen-bond donors (Lipinski definition) is 2. The molecule has 22 heavy (non-hydrogen) atoms. The maximum Gasteiger partial charge on any atom is 0.231 e. The molecule has 1 fully saturated rings. The largest absolute Gasteiger partial charge is 0.360 e. The molecule has 6 heteroatoms. The van der Waals surface area contributed by atoms with Crippen LogP contribution < -0.4 is 15.5 Å². The lowest BCUT2D eigenvalue weighted by Crippen LogP contribution is -2.39. The molecule has 0 bridgehead atoms. The minimum atomic E-state index is 0.285. The standard InChI is InChI=1S/C16H27N5S/c1-10(2)17-16(22)20-15-18-13(5)7-14(19-15)21-8-11(3)6-12(4)9-21/h7,10-12H,6,8-9H2,1-5H3,(H2,17,18,19,20,22). The summed E-state index contributed by atoms with van der Waals surface area (Å²) >= 11 is 5.28. The highest BCUT2D eigenvalue weighted by atomic mass is 32.1. The van der Waals surface area contributed by atoms with Crippen molar-refractivity contribution in [3.8, 4) is 0 Å². The molecule has 0 amide bonds. The number of aryl methyl sites for hydroxylation is 1. The lowest BCUT2D eigenvalue weighted by Gasteiger charge is -2.36. The Morgan fingerprint density at radius 1 is 1.27 bits per heavy atom. The molecule has 1 saturated heterocycles. The number of anilines is 2. The van der Waals surface area contributed by atoms with Gasteiger partial charge in [-0.25, -0.2) is 4.98 Å². The monoisotopic (exact) mass is 321 g/mol. The zero-order chi connectivity index (χ0) is 16.3. The van der Waals surface area contributed by atoms with Crippen LogP contribution in [0.4, 0.5) is 11.8 Å². The quantitative estimate of drug-likeness (QED) is 0.835. The maximum absolute atomic E-state index is 5.28. The Balaban J connectivity index is 2.14. The van der Waals surface area contributed by atoms with Crippen LogP contribution >= 0.6 is 12.2 Å². The number of aromatic nitrogens is 2. The van der Waals surface area contributed by atoms with Gasteiger partial charge in [0.25, 0.3) is 0 Å². The van der Waals surface area contributed by atoms with Crippen LogP contribution in [0.2, 0.25) is 0 Å². The van der Waals surface area contributed by atoms with E-state index in [0.717, 1.165) is 24.6 Å². The third-order valence-electron chi connectivity index (χ3n) is 3.68. The van der Waals surface area contributed by atoms with Gasteiger partial charge in [0.15, 0.2) is 5.11 Å². The molecular formula is C16H27N5S. The Morgan fingerprint density at radius 2 is 1.91 bits per heavy atom. The number of thiocarbonyl (C=S) groups is 1. The van der Waals surface area contributed by atoms with Gasteiger partial charge in [0, 0.05) is 30.9 Å². The van der Waals surface area contributed by atoms with Crippen molar-refractivity contribution in [3.05, 3.63) is 11.8 Å². The van der Waals surface area contributed by atoms with E-state index in [1.807, 2.05) is 20.8 Å². The molecule has 1 aromatic heterocycles. The average Bonchev–Trinajstić information content (AvgIpc) is 2.35. The summed E-state index contributed by atoms with van der Waals surface area (Å²) in [4.78, 5) is 11.4. The molecule has 2 rings (SSSR count). The third kappa shape index (κ3) is 4.80. The first kappa shape index (κ1) is 16.9. The first-order chi connectivity index (χ1) is 10.3. The molecule has 1 aliphatic rings. The van der Waals surface area contributed by atoms with E-state index < -0.39 is 0 Å². The summed E-state index contributed by atoms with van der Waals surface area (Å²) in [7, 11) is 0. The third-order valence-corrected chi connectivity index (χ3v) is 3.90. The number of nitrogens with one attached hydrogen (secondary N) is 2. The van der Waals surface area contributed by atoms with Crippen LogP contribution in [0.5, 0.6) is 0 Å². The van der Waals surface area contributed by atoms with Crippen molar-refractivity contribution in [1.29, 1.82) is 0 Å². The molecule has 2 unspecified atom stereocenters. The second-order valence-corrected chi connectivity index (χ2v) is 7.20. The smallest absolute Gasteiger partial charge is 0.231 e. The van der Waals surface area contributed by atoms with Crippen molar-refractivity contribution < 1.29 is 0 Å². The van der Waals surface area contributed by atoms with E-state index >= 15 is 0 Å². The van der Waals surface area contributed by atoms with E-state index in [-0.39, 0.29) is 6.04 Å². The second-order valence-electron chi connectivity index (χ2n) is 6.80. The predicted octanol–water partition coefficient (Wildman–Crippen LogP) is 2.96. The zero-order valence-electron chi connectivity index (χ0n) is 14.2. The first-order valence-corrected chi connectivity index (χ1v) is 8.42. The lowest BCUT2D eigenvalue weighted by atomic mass is 9.92. The average molecular weight is 321 g/mol. The van der Waals surface area contributed by atoms with Gasteiger partial charge in [0.1, 0.15) is 5.82 Å². The molecule has 2 heterocycles. The molecule has 2 N–H and O–H groups in total. The van der Waals surface area contributed by atoms with E-state index in [9.17, 15) is 0 Å². The zero-order valence-corrected chi connectivity index (χ0v) is 15.0. The van der Waals surface area contributed by atoms with Crippen molar-refractivity contribution in [1.82, 2.24) is 15.3 Å². The van der Waals surface area contributed by atoms with Crippen molar-refractivity contribution in [2.75, 3.05) is 23.3 Å². The van der Waals surface area contributed by atoms with E-state index in [1.54, 1.807) is 0 Å². The van der Waals surface area contributed by atoms with Gasteiger partial charge >= 0.3 is 0 Å². The normalized spacial score (nSPS) is 21.8. The fourth-order valence-corrected chi connectivity index (χ4v) is 3.35. The van der Waals surface area contributed by atoms with Crippen LogP contribution in [-0.2, 0) is 0 Å². The minimum Gasteiger partial charge on any atom is -0.360 e. The molecule has 0 spiro atoms. The van der Waals surface area contributed by atoms with Gasteiger partial charge in [0.2, 0.25) is 5.95 Å². The van der Waals surface area contributed by atoms with E-state index in [2.05, 4.69) is 45.4 Å². The van der Waals surface area contributed by atoms with Gasteiger partial charge in [-0.15, -0.1) is 0 Å². The topological polar surface area (TPSA) is 53.1 Å². The Kier molecular flexibility index (Phi) is 5.56. The van der Waals surface area contributed by atoms with Crippen LogP contribution in [0, 0.1) is 18.8 Å². The fraction of sp³-hybridized carbons (Fsp3) is 0.688. The van der Waals surface area contributed by atoms with Gasteiger partial charge in [-0.3, -0.25) is 0 Å². The minimum absolute atomic E-state index is 0.285. The molecule has 0 aromatic carbocycles. The lowest BCUT2D eigenvalue weighted by molar-refractivity contribution is 0.355. The second kappa shape index (κ2) is 7.22. The SMILES string of the molecule is Cc1cc(N2CC(C)CC(C)C2)nc(NC(=S)NC(C)C)n1. The van der Waals surface area contributed by atoms with Crippen LogP contribution in [0.15, 0.2) is 6.07 Å². The Bertz CT molecular complexity index is 521. The first-order valence-electron chi connectivity index (χ1n) is 8.01. The summed E-state index contributed by atoms with van der Waals surface area (Å²) < 4.78 is 0. The summed E-state index contributed by atoms with van der Waals surface area (Å²) in [6.45, 7) is 12.8. The highest BCUT2D eigenvalue weighted by Gasteiger charge is 2.23. The molecule has 1 aliphatic heterocycles. The Labute approximate surface area is 138 Å². The van der Waals surface area contributed by atoms with Crippen molar-refractivity contribution in [3.63, 3.8) is 0 Å². The molecule has 0 aliphatic carbocycles. The summed E-state index contributed by atoms with van der Waals surface area (Å²) in [6, 6.07) is 2.34. The molecule has 2 atom stereocenters. The van der Waals surface area contributed by atoms with Crippen molar-refractivity contribution in [2.45, 2.75) is 47.1 Å². The Hall–Kier alpha value is -1.43. The molecule has 122 valence electrons. The van der Waals surface area contributed by atoms with Crippen molar-refractivity contribution >= 4 is 29.1 Å². The van der Waals surface area contributed by atoms with E-state index in [4.69, 9.17) is 12.2 Å². The number of hydrogen-bond acceptors (Lipinski definition) is 4. The van der Waals surface area contributed by atoms with Gasteiger partial charge in [-0.05, 0) is 51.2 Å². The van der Waals surface area contributed by atoms with Crippen LogP contribution in [0.25, 0.3) is 0 Å². The van der Waals surface area contributed by atoms with Gasteiger partial charge in [0.05, 0.1) is 0 Å². The van der Waals surface area contributed by atoms with Crippen LogP contribution in [0.3, 0.4) is 0 Å². The summed E-state index contributed by atoms with van der Waals surface area (Å²) in [5, 5.41) is 6.80. The summed E-state index contributed by atoms with van der Waals surface area (Å²) in [6.07, 6.45) is 1.29. The van der Waals surface area contributed by atoms with E-state index in [0.29, 0.717) is 22.9 Å². The highest BCUT2D eigenvalue weighted by molar-refractivity contribution is 7.80. The van der Waals surface area contributed by atoms with Crippen LogP contribution in [0.1, 0.15) is 39.8 Å². The molecule has 1 aromatic rings. The van der Waals surface area contributed by atoms with Gasteiger partial charge in [-0.2, -0.15) is 4.98 Å². The van der Waals surface area contributed by atoms with Gasteiger partial charge in [-0.1, -0.05) is 13.8 Å². The predicted molar refractivity (Wildman–Crippen MR) is 96.4 cm³/mol. The summed E-state index contributed by atoms with van der Waals surface area (Å²) in [5.74, 6) is 2.94. The molecule has 5 nitrogen and oxygen atoms in total. The number of rotatable bonds is 3. The molecule has 0 radical (unpaired) electrons. The number of nitrogens with zero attached hydrogens (tertiary/aromatic N) is 3. The molecule has 0 saturated carbocycles. The highest BCUT2D eigenvalue weighted by Crippen LogP contribution is 2.25. The number of piperidine rings is 1. The van der Waals surface area contributed by atoms with E-state index in [1.165, 1.54) is 6.42 Å². The summed E-state index contributed by atoms with van der Waals surface area (Å²) in [5.41, 5.74) is 0.950. The molecular weight excluding hydrogens is 294 g/mol. The van der Waals surface area contributed by atoms with Gasteiger partial charge < -0.3 is 15.5 Å². The van der Waals surface area contributed by atoms with Crippen LogP contribution in [-0.4, -0.2) is 34.2 Å². The van der Waals surface area contributed by atoms with Crippen molar-refractivity contribution in [2.24, 2.45) is 11.8 Å². The Morgan fingerprint density at radius 3 is 2.50 bits per heavy atom. The fourth-order valence-electron chi connectivity index (χ4n) is 3.02.